The van der Waals surface area contributed by atoms with Gasteiger partial charge in [0.25, 0.3) is 0 Å². The number of nitrogens with one attached hydrogen (secondary N) is 1. The molecular formula is C27H22ClF3N2O3. The second-order valence-electron chi connectivity index (χ2n) is 10.1. The van der Waals surface area contributed by atoms with E-state index in [9.17, 15) is 27.6 Å². The zero-order valence-electron chi connectivity index (χ0n) is 18.9. The second-order valence-corrected chi connectivity index (χ2v) is 10.5. The van der Waals surface area contributed by atoms with E-state index in [-0.39, 0.29) is 40.8 Å². The number of carbonyl (C=O) groups excluding carboxylic acids is 3. The Morgan fingerprint density at radius 2 is 1.61 bits per heavy atom. The average Bonchev–Trinajstić information content (AvgIpc) is 3.62. The molecule has 3 amide bonds. The summed E-state index contributed by atoms with van der Waals surface area (Å²) in [6.07, 6.45) is 0.511. The topological polar surface area (TPSA) is 66.5 Å². The minimum Gasteiger partial charge on any atom is -0.323 e. The highest BCUT2D eigenvalue weighted by molar-refractivity contribution is 6.33. The molecule has 1 heterocycles. The molecular weight excluding hydrogens is 493 g/mol. The fourth-order valence-electron chi connectivity index (χ4n) is 6.44. The third kappa shape index (κ3) is 3.65. The molecule has 7 rings (SSSR count). The maximum absolute atomic E-state index is 13.7. The van der Waals surface area contributed by atoms with Gasteiger partial charge in [-0.05, 0) is 53.9 Å². The Bertz CT molecular complexity index is 1260. The zero-order chi connectivity index (χ0) is 25.4. The van der Waals surface area contributed by atoms with Crippen LogP contribution in [0.5, 0.6) is 0 Å². The number of nitrogens with zero attached hydrogens (tertiary/aromatic N) is 1. The standard InChI is InChI=1S/C27H22ClF3N2O3/c28-19-9-6-14(27(29,30)31)11-20(19)32-24(34)21(10-13-4-2-1-3-5-13)33-25(35)22-15-7-8-16(18-12-17(15)18)23(22)26(33)36/h1-9,11,15-18,21-23H,10,12H2,(H,32,34)/t15-,16-,17-,18+,21+,22+,23+/m1/s1. The van der Waals surface area contributed by atoms with Gasteiger partial charge in [0.05, 0.1) is 28.1 Å². The maximum atomic E-state index is 13.7. The average molecular weight is 515 g/mol. The minimum absolute atomic E-state index is 0.00945. The molecule has 1 N–H and O–H groups in total. The van der Waals surface area contributed by atoms with Crippen LogP contribution in [0.25, 0.3) is 0 Å². The Labute approximate surface area is 210 Å². The molecule has 2 saturated carbocycles. The van der Waals surface area contributed by atoms with Crippen LogP contribution in [0.3, 0.4) is 0 Å². The SMILES string of the molecule is O=C(Nc1cc(C(F)(F)F)ccc1Cl)[C@H](Cc1ccccc1)N1C(=O)[C@H]2[C@@H]3C=C[C@H]([C@@H]4C[C@H]34)[C@@H]2C1=O. The van der Waals surface area contributed by atoms with Gasteiger partial charge in [0.2, 0.25) is 17.7 Å². The van der Waals surface area contributed by atoms with Gasteiger partial charge in [-0.3, -0.25) is 19.3 Å². The predicted octanol–water partition coefficient (Wildman–Crippen LogP) is 4.96. The molecule has 36 heavy (non-hydrogen) atoms. The van der Waals surface area contributed by atoms with Crippen LogP contribution in [-0.2, 0) is 27.0 Å². The summed E-state index contributed by atoms with van der Waals surface area (Å²) < 4.78 is 39.8. The van der Waals surface area contributed by atoms with E-state index in [4.69, 9.17) is 11.6 Å². The molecule has 2 bridgehead atoms. The number of hydrogen-bond donors (Lipinski definition) is 1. The Morgan fingerprint density at radius 1 is 1.00 bits per heavy atom. The van der Waals surface area contributed by atoms with E-state index < -0.39 is 35.5 Å². The van der Waals surface area contributed by atoms with Crippen molar-refractivity contribution in [3.8, 4) is 0 Å². The first-order valence-electron chi connectivity index (χ1n) is 11.9. The number of benzene rings is 2. The van der Waals surface area contributed by atoms with Crippen molar-refractivity contribution in [1.82, 2.24) is 4.90 Å². The highest BCUT2D eigenvalue weighted by atomic mass is 35.5. The van der Waals surface area contributed by atoms with Crippen LogP contribution < -0.4 is 5.32 Å². The maximum Gasteiger partial charge on any atom is 0.416 e. The number of allylic oxidation sites excluding steroid dienone is 2. The molecule has 0 radical (unpaired) electrons. The summed E-state index contributed by atoms with van der Waals surface area (Å²) in [6, 6.07) is 10.3. The van der Waals surface area contributed by atoms with Gasteiger partial charge in [-0.25, -0.2) is 0 Å². The highest BCUT2D eigenvalue weighted by Gasteiger charge is 2.67. The number of amides is 3. The molecule has 7 atom stereocenters. The van der Waals surface area contributed by atoms with Crippen LogP contribution in [0, 0.1) is 35.5 Å². The molecule has 3 fully saturated rings. The Balaban J connectivity index is 1.34. The Hall–Kier alpha value is -3.13. The van der Waals surface area contributed by atoms with Gasteiger partial charge in [0, 0.05) is 6.42 Å². The molecule has 5 nitrogen and oxygen atoms in total. The number of hydrogen-bond acceptors (Lipinski definition) is 3. The van der Waals surface area contributed by atoms with Crippen molar-refractivity contribution in [1.29, 1.82) is 0 Å². The minimum atomic E-state index is -4.63. The van der Waals surface area contributed by atoms with E-state index in [0.717, 1.165) is 29.5 Å². The molecule has 0 spiro atoms. The van der Waals surface area contributed by atoms with Crippen LogP contribution in [0.2, 0.25) is 5.02 Å². The van der Waals surface area contributed by atoms with Crippen LogP contribution in [0.1, 0.15) is 17.5 Å². The third-order valence-electron chi connectivity index (χ3n) is 8.13. The second kappa shape index (κ2) is 8.20. The lowest BCUT2D eigenvalue weighted by Gasteiger charge is -2.37. The van der Waals surface area contributed by atoms with Gasteiger partial charge in [-0.1, -0.05) is 54.1 Å². The number of carbonyl (C=O) groups is 3. The number of imide groups is 1. The van der Waals surface area contributed by atoms with Gasteiger partial charge in [0.15, 0.2) is 0 Å². The van der Waals surface area contributed by atoms with Crippen molar-refractivity contribution in [3.05, 3.63) is 76.8 Å². The molecule has 186 valence electrons. The van der Waals surface area contributed by atoms with Crippen LogP contribution >= 0.6 is 11.6 Å². The largest absolute Gasteiger partial charge is 0.416 e. The van der Waals surface area contributed by atoms with Crippen molar-refractivity contribution >= 4 is 35.0 Å². The third-order valence-corrected chi connectivity index (χ3v) is 8.46. The predicted molar refractivity (Wildman–Crippen MR) is 126 cm³/mol. The number of halogens is 4. The number of alkyl halides is 3. The number of likely N-dealkylation sites (tertiary alicyclic amines) is 1. The summed E-state index contributed by atoms with van der Waals surface area (Å²) in [5.74, 6) is -1.69. The van der Waals surface area contributed by atoms with Gasteiger partial charge in [-0.2, -0.15) is 13.2 Å². The van der Waals surface area contributed by atoms with Crippen molar-refractivity contribution in [2.24, 2.45) is 35.5 Å². The van der Waals surface area contributed by atoms with E-state index in [2.05, 4.69) is 5.32 Å². The first-order chi connectivity index (χ1) is 17.1. The number of rotatable bonds is 5. The molecule has 1 saturated heterocycles. The van der Waals surface area contributed by atoms with Crippen molar-refractivity contribution < 1.29 is 27.6 Å². The van der Waals surface area contributed by atoms with E-state index >= 15 is 0 Å². The lowest BCUT2D eigenvalue weighted by molar-refractivity contribution is -0.146. The fraction of sp³-hybridized carbons (Fsp3) is 0.370. The van der Waals surface area contributed by atoms with Gasteiger partial charge >= 0.3 is 6.18 Å². The fourth-order valence-corrected chi connectivity index (χ4v) is 6.60. The van der Waals surface area contributed by atoms with E-state index in [1.165, 1.54) is 0 Å². The lowest BCUT2D eigenvalue weighted by atomic mass is 9.63. The van der Waals surface area contributed by atoms with Crippen molar-refractivity contribution in [2.45, 2.75) is 25.1 Å². The first-order valence-corrected chi connectivity index (χ1v) is 12.3. The summed E-state index contributed by atoms with van der Waals surface area (Å²) >= 11 is 6.10. The van der Waals surface area contributed by atoms with Crippen molar-refractivity contribution in [2.75, 3.05) is 5.32 Å². The Morgan fingerprint density at radius 3 is 2.19 bits per heavy atom. The van der Waals surface area contributed by atoms with E-state index in [1.807, 2.05) is 12.2 Å². The highest BCUT2D eigenvalue weighted by Crippen LogP contribution is 2.65. The molecule has 1 aliphatic heterocycles. The molecule has 0 aromatic heterocycles. The summed E-state index contributed by atoms with van der Waals surface area (Å²) in [5, 5.41) is 2.39. The molecule has 0 unspecified atom stereocenters. The lowest BCUT2D eigenvalue weighted by Crippen LogP contribution is -2.49. The monoisotopic (exact) mass is 514 g/mol. The van der Waals surface area contributed by atoms with Gasteiger partial charge in [-0.15, -0.1) is 0 Å². The Kier molecular flexibility index (Phi) is 5.30. The normalized spacial score (nSPS) is 30.7. The quantitative estimate of drug-likeness (QED) is 0.453. The van der Waals surface area contributed by atoms with Crippen molar-refractivity contribution in [3.63, 3.8) is 0 Å². The van der Waals surface area contributed by atoms with Crippen LogP contribution in [-0.4, -0.2) is 28.7 Å². The molecule has 9 heteroatoms. The van der Waals surface area contributed by atoms with Gasteiger partial charge in [0.1, 0.15) is 6.04 Å². The summed E-state index contributed by atoms with van der Waals surface area (Å²) in [7, 11) is 0. The zero-order valence-corrected chi connectivity index (χ0v) is 19.7. The summed E-state index contributed by atoms with van der Waals surface area (Å²) in [4.78, 5) is 41.9. The number of anilines is 1. The first kappa shape index (κ1) is 23.3. The van der Waals surface area contributed by atoms with E-state index in [0.29, 0.717) is 17.4 Å². The smallest absolute Gasteiger partial charge is 0.323 e. The molecule has 2 aromatic carbocycles. The van der Waals surface area contributed by atoms with E-state index in [1.54, 1.807) is 30.3 Å². The summed E-state index contributed by atoms with van der Waals surface area (Å²) in [6.45, 7) is 0. The molecule has 2 aromatic rings. The van der Waals surface area contributed by atoms with Gasteiger partial charge < -0.3 is 5.32 Å². The molecule has 4 aliphatic carbocycles. The summed E-state index contributed by atoms with van der Waals surface area (Å²) in [5.41, 5.74) is -0.482. The molecule has 5 aliphatic rings. The van der Waals surface area contributed by atoms with Crippen LogP contribution in [0.4, 0.5) is 18.9 Å². The van der Waals surface area contributed by atoms with Crippen LogP contribution in [0.15, 0.2) is 60.7 Å².